The SMILES string of the molecule is COc1cc(C(C)C)ccc1NC(=O)C(O)CN. The first-order valence-electron chi connectivity index (χ1n) is 5.86. The van der Waals surface area contributed by atoms with Crippen molar-refractivity contribution < 1.29 is 14.6 Å². The molecule has 0 bridgehead atoms. The van der Waals surface area contributed by atoms with E-state index >= 15 is 0 Å². The van der Waals surface area contributed by atoms with Gasteiger partial charge in [-0.3, -0.25) is 4.79 Å². The second-order valence-corrected chi connectivity index (χ2v) is 4.36. The van der Waals surface area contributed by atoms with Gasteiger partial charge in [0.25, 0.3) is 5.91 Å². The zero-order chi connectivity index (χ0) is 13.7. The maximum Gasteiger partial charge on any atom is 0.254 e. The molecule has 0 radical (unpaired) electrons. The van der Waals surface area contributed by atoms with Crippen LogP contribution in [0.4, 0.5) is 5.69 Å². The van der Waals surface area contributed by atoms with Crippen molar-refractivity contribution >= 4 is 11.6 Å². The first-order valence-corrected chi connectivity index (χ1v) is 5.86. The Bertz CT molecular complexity index is 419. The lowest BCUT2D eigenvalue weighted by Crippen LogP contribution is -2.34. The summed E-state index contributed by atoms with van der Waals surface area (Å²) in [5.74, 6) is 0.408. The van der Waals surface area contributed by atoms with Gasteiger partial charge in [-0.05, 0) is 23.6 Å². The minimum atomic E-state index is -1.21. The Labute approximate surface area is 107 Å². The lowest BCUT2D eigenvalue weighted by molar-refractivity contribution is -0.123. The predicted octanol–water partition coefficient (Wildman–Crippen LogP) is 1.08. The molecule has 0 aliphatic heterocycles. The van der Waals surface area contributed by atoms with E-state index in [1.165, 1.54) is 7.11 Å². The fourth-order valence-corrected chi connectivity index (χ4v) is 1.49. The summed E-state index contributed by atoms with van der Waals surface area (Å²) in [7, 11) is 1.54. The molecule has 1 aromatic rings. The average molecular weight is 252 g/mol. The number of methoxy groups -OCH3 is 1. The van der Waals surface area contributed by atoms with E-state index < -0.39 is 12.0 Å². The van der Waals surface area contributed by atoms with Crippen LogP contribution in [0, 0.1) is 0 Å². The zero-order valence-corrected chi connectivity index (χ0v) is 10.9. The number of nitrogens with two attached hydrogens (primary N) is 1. The predicted molar refractivity (Wildman–Crippen MR) is 70.8 cm³/mol. The molecule has 1 rings (SSSR count). The molecular formula is C13H20N2O3. The number of carbonyl (C=O) groups excluding carboxylic acids is 1. The lowest BCUT2D eigenvalue weighted by Gasteiger charge is -2.14. The van der Waals surface area contributed by atoms with Crippen molar-refractivity contribution in [2.24, 2.45) is 5.73 Å². The first kappa shape index (κ1) is 14.5. The highest BCUT2D eigenvalue weighted by Crippen LogP contribution is 2.28. The Balaban J connectivity index is 2.92. The number of carbonyl (C=O) groups is 1. The summed E-state index contributed by atoms with van der Waals surface area (Å²) in [6.07, 6.45) is -1.21. The highest BCUT2D eigenvalue weighted by atomic mass is 16.5. The molecule has 0 aliphatic carbocycles. The molecule has 0 aromatic heterocycles. The van der Waals surface area contributed by atoms with E-state index in [1.54, 1.807) is 6.07 Å². The van der Waals surface area contributed by atoms with Gasteiger partial charge in [0.15, 0.2) is 0 Å². The summed E-state index contributed by atoms with van der Waals surface area (Å²) in [5, 5.41) is 11.9. The topological polar surface area (TPSA) is 84.6 Å². The molecule has 1 unspecified atom stereocenters. The lowest BCUT2D eigenvalue weighted by atomic mass is 10.0. The first-order chi connectivity index (χ1) is 8.49. The van der Waals surface area contributed by atoms with Gasteiger partial charge in [0, 0.05) is 6.54 Å². The van der Waals surface area contributed by atoms with Crippen LogP contribution in [-0.4, -0.2) is 30.8 Å². The number of hydrogen-bond donors (Lipinski definition) is 3. The normalized spacial score (nSPS) is 12.3. The van der Waals surface area contributed by atoms with Crippen LogP contribution in [0.25, 0.3) is 0 Å². The van der Waals surface area contributed by atoms with E-state index in [1.807, 2.05) is 12.1 Å². The van der Waals surface area contributed by atoms with E-state index in [-0.39, 0.29) is 6.54 Å². The Morgan fingerprint density at radius 2 is 2.17 bits per heavy atom. The van der Waals surface area contributed by atoms with Gasteiger partial charge in [-0.2, -0.15) is 0 Å². The van der Waals surface area contributed by atoms with Crippen LogP contribution < -0.4 is 15.8 Å². The number of rotatable bonds is 5. The molecule has 1 amide bonds. The van der Waals surface area contributed by atoms with Gasteiger partial charge >= 0.3 is 0 Å². The quantitative estimate of drug-likeness (QED) is 0.732. The summed E-state index contributed by atoms with van der Waals surface area (Å²) < 4.78 is 5.22. The van der Waals surface area contributed by atoms with Crippen LogP contribution in [0.3, 0.4) is 0 Å². The summed E-state index contributed by atoms with van der Waals surface area (Å²) >= 11 is 0. The van der Waals surface area contributed by atoms with Crippen molar-refractivity contribution in [3.63, 3.8) is 0 Å². The van der Waals surface area contributed by atoms with E-state index in [0.29, 0.717) is 17.4 Å². The van der Waals surface area contributed by atoms with E-state index in [4.69, 9.17) is 10.5 Å². The van der Waals surface area contributed by atoms with E-state index in [2.05, 4.69) is 19.2 Å². The van der Waals surface area contributed by atoms with Gasteiger partial charge in [0.2, 0.25) is 0 Å². The number of anilines is 1. The molecule has 100 valence electrons. The van der Waals surface area contributed by atoms with Crippen LogP contribution in [0.5, 0.6) is 5.75 Å². The van der Waals surface area contributed by atoms with E-state index in [0.717, 1.165) is 5.56 Å². The van der Waals surface area contributed by atoms with Crippen molar-refractivity contribution in [1.29, 1.82) is 0 Å². The highest BCUT2D eigenvalue weighted by Gasteiger charge is 2.15. The van der Waals surface area contributed by atoms with Crippen molar-refractivity contribution in [1.82, 2.24) is 0 Å². The second kappa shape index (κ2) is 6.37. The van der Waals surface area contributed by atoms with Crippen LogP contribution in [0.2, 0.25) is 0 Å². The fraction of sp³-hybridized carbons (Fsp3) is 0.462. The molecule has 0 aliphatic rings. The molecule has 1 atom stereocenters. The standard InChI is InChI=1S/C13H20N2O3/c1-8(2)9-4-5-10(12(6-9)18-3)15-13(17)11(16)7-14/h4-6,8,11,16H,7,14H2,1-3H3,(H,15,17). The number of aliphatic hydroxyl groups excluding tert-OH is 1. The minimum Gasteiger partial charge on any atom is -0.495 e. The van der Waals surface area contributed by atoms with Gasteiger partial charge < -0.3 is 20.9 Å². The summed E-state index contributed by atoms with van der Waals surface area (Å²) in [6, 6.07) is 5.54. The smallest absolute Gasteiger partial charge is 0.254 e. The van der Waals surface area contributed by atoms with Gasteiger partial charge in [0.05, 0.1) is 12.8 Å². The van der Waals surface area contributed by atoms with Crippen molar-refractivity contribution in [2.45, 2.75) is 25.9 Å². The molecule has 5 heteroatoms. The third-order valence-corrected chi connectivity index (χ3v) is 2.68. The Morgan fingerprint density at radius 1 is 1.50 bits per heavy atom. The molecule has 18 heavy (non-hydrogen) atoms. The van der Waals surface area contributed by atoms with Gasteiger partial charge in [-0.15, -0.1) is 0 Å². The summed E-state index contributed by atoms with van der Waals surface area (Å²) in [6.45, 7) is 4.04. The summed E-state index contributed by atoms with van der Waals surface area (Å²) in [5.41, 5.74) is 6.86. The monoisotopic (exact) mass is 252 g/mol. The number of amides is 1. The molecule has 0 spiro atoms. The fourth-order valence-electron chi connectivity index (χ4n) is 1.49. The van der Waals surface area contributed by atoms with E-state index in [9.17, 15) is 9.90 Å². The molecular weight excluding hydrogens is 232 g/mol. The number of ether oxygens (including phenoxy) is 1. The highest BCUT2D eigenvalue weighted by molar-refractivity contribution is 5.95. The third-order valence-electron chi connectivity index (χ3n) is 2.68. The van der Waals surface area contributed by atoms with Crippen molar-refractivity contribution in [3.8, 4) is 5.75 Å². The third kappa shape index (κ3) is 3.45. The van der Waals surface area contributed by atoms with Crippen molar-refractivity contribution in [2.75, 3.05) is 19.0 Å². The molecule has 1 aromatic carbocycles. The molecule has 4 N–H and O–H groups in total. The maximum absolute atomic E-state index is 11.5. The zero-order valence-electron chi connectivity index (χ0n) is 10.9. The average Bonchev–Trinajstić information content (AvgIpc) is 2.37. The second-order valence-electron chi connectivity index (χ2n) is 4.36. The molecule has 0 saturated heterocycles. The Hall–Kier alpha value is -1.59. The van der Waals surface area contributed by atoms with Gasteiger partial charge in [-0.1, -0.05) is 19.9 Å². The number of hydrogen-bond acceptors (Lipinski definition) is 4. The van der Waals surface area contributed by atoms with Crippen LogP contribution in [0.15, 0.2) is 18.2 Å². The molecule has 5 nitrogen and oxygen atoms in total. The number of benzene rings is 1. The minimum absolute atomic E-state index is 0.113. The Kier molecular flexibility index (Phi) is 5.12. The van der Waals surface area contributed by atoms with Gasteiger partial charge in [0.1, 0.15) is 11.9 Å². The van der Waals surface area contributed by atoms with Crippen LogP contribution in [-0.2, 0) is 4.79 Å². The Morgan fingerprint density at radius 3 is 2.67 bits per heavy atom. The summed E-state index contributed by atoms with van der Waals surface area (Å²) in [4.78, 5) is 11.5. The van der Waals surface area contributed by atoms with Gasteiger partial charge in [-0.25, -0.2) is 0 Å². The number of nitrogens with one attached hydrogen (secondary N) is 1. The van der Waals surface area contributed by atoms with Crippen LogP contribution >= 0.6 is 0 Å². The van der Waals surface area contributed by atoms with Crippen LogP contribution in [0.1, 0.15) is 25.3 Å². The molecule has 0 saturated carbocycles. The largest absolute Gasteiger partial charge is 0.495 e. The maximum atomic E-state index is 11.5. The van der Waals surface area contributed by atoms with Crippen molar-refractivity contribution in [3.05, 3.63) is 23.8 Å². The molecule has 0 fully saturated rings. The molecule has 0 heterocycles. The number of aliphatic hydroxyl groups is 1.